The lowest BCUT2D eigenvalue weighted by Gasteiger charge is -2.02. The van der Waals surface area contributed by atoms with Gasteiger partial charge in [-0.25, -0.2) is 9.67 Å². The highest BCUT2D eigenvalue weighted by Crippen LogP contribution is 2.31. The Morgan fingerprint density at radius 3 is 3.00 bits per heavy atom. The van der Waals surface area contributed by atoms with Crippen LogP contribution in [-0.2, 0) is 11.3 Å². The second-order valence-electron chi connectivity index (χ2n) is 3.71. The SMILES string of the molecule is Cc1cnc(Sc2nnnn2CC(=O)O)c([N+](=O)[O-])c1. The van der Waals surface area contributed by atoms with Crippen molar-refractivity contribution in [2.24, 2.45) is 0 Å². The summed E-state index contributed by atoms with van der Waals surface area (Å²) >= 11 is 0.837. The van der Waals surface area contributed by atoms with Crippen molar-refractivity contribution in [3.05, 3.63) is 27.9 Å². The minimum Gasteiger partial charge on any atom is -0.480 e. The molecule has 11 heteroatoms. The van der Waals surface area contributed by atoms with Gasteiger partial charge in [-0.2, -0.15) is 0 Å². The molecule has 0 aliphatic carbocycles. The molecule has 0 aliphatic rings. The Kier molecular flexibility index (Phi) is 3.89. The van der Waals surface area contributed by atoms with Gasteiger partial charge in [-0.3, -0.25) is 14.9 Å². The fourth-order valence-corrected chi connectivity index (χ4v) is 2.13. The number of carboxylic acids is 1. The molecule has 0 saturated heterocycles. The number of nitrogens with zero attached hydrogens (tertiary/aromatic N) is 6. The van der Waals surface area contributed by atoms with Crippen molar-refractivity contribution < 1.29 is 14.8 Å². The van der Waals surface area contributed by atoms with E-state index in [9.17, 15) is 14.9 Å². The Morgan fingerprint density at radius 2 is 2.35 bits per heavy atom. The van der Waals surface area contributed by atoms with Gasteiger partial charge in [0.2, 0.25) is 5.16 Å². The molecule has 0 atom stereocenters. The monoisotopic (exact) mass is 296 g/mol. The highest BCUT2D eigenvalue weighted by Gasteiger charge is 2.20. The van der Waals surface area contributed by atoms with E-state index in [0.29, 0.717) is 5.56 Å². The van der Waals surface area contributed by atoms with E-state index in [1.54, 1.807) is 6.92 Å². The number of hydrogen-bond acceptors (Lipinski definition) is 8. The number of rotatable bonds is 5. The summed E-state index contributed by atoms with van der Waals surface area (Å²) in [7, 11) is 0. The molecule has 104 valence electrons. The highest BCUT2D eigenvalue weighted by molar-refractivity contribution is 7.99. The quantitative estimate of drug-likeness (QED) is 0.618. The number of nitro groups is 1. The molecule has 10 nitrogen and oxygen atoms in total. The normalized spacial score (nSPS) is 10.4. The number of aromatic nitrogens is 5. The Labute approximate surface area is 116 Å². The average Bonchev–Trinajstić information content (AvgIpc) is 2.78. The van der Waals surface area contributed by atoms with Gasteiger partial charge in [0.25, 0.3) is 0 Å². The van der Waals surface area contributed by atoms with Crippen LogP contribution in [0.2, 0.25) is 0 Å². The molecule has 0 radical (unpaired) electrons. The van der Waals surface area contributed by atoms with Crippen LogP contribution < -0.4 is 0 Å². The largest absolute Gasteiger partial charge is 0.480 e. The summed E-state index contributed by atoms with van der Waals surface area (Å²) < 4.78 is 1.03. The van der Waals surface area contributed by atoms with Crippen molar-refractivity contribution in [3.8, 4) is 0 Å². The summed E-state index contributed by atoms with van der Waals surface area (Å²) in [6.45, 7) is 1.25. The zero-order valence-electron chi connectivity index (χ0n) is 10.1. The van der Waals surface area contributed by atoms with Crippen LogP contribution in [0.1, 0.15) is 5.56 Å². The van der Waals surface area contributed by atoms with E-state index in [1.807, 2.05) is 0 Å². The number of pyridine rings is 1. The van der Waals surface area contributed by atoms with Gasteiger partial charge in [0.05, 0.1) is 4.92 Å². The smallest absolute Gasteiger partial charge is 0.325 e. The molecular formula is C9H8N6O4S. The Balaban J connectivity index is 2.33. The van der Waals surface area contributed by atoms with Crippen molar-refractivity contribution in [1.82, 2.24) is 25.2 Å². The van der Waals surface area contributed by atoms with E-state index in [1.165, 1.54) is 12.3 Å². The molecule has 0 bridgehead atoms. The highest BCUT2D eigenvalue weighted by atomic mass is 32.2. The lowest BCUT2D eigenvalue weighted by Crippen LogP contribution is -2.11. The first-order valence-corrected chi connectivity index (χ1v) is 6.06. The minimum absolute atomic E-state index is 0.0991. The molecule has 0 unspecified atom stereocenters. The van der Waals surface area contributed by atoms with E-state index in [0.717, 1.165) is 16.4 Å². The molecule has 0 fully saturated rings. The summed E-state index contributed by atoms with van der Waals surface area (Å²) in [5.74, 6) is -1.12. The molecule has 20 heavy (non-hydrogen) atoms. The van der Waals surface area contributed by atoms with Gasteiger partial charge in [0.1, 0.15) is 6.54 Å². The van der Waals surface area contributed by atoms with Crippen LogP contribution >= 0.6 is 11.8 Å². The summed E-state index contributed by atoms with van der Waals surface area (Å²) in [6.07, 6.45) is 1.47. The van der Waals surface area contributed by atoms with Crippen LogP contribution in [-0.4, -0.2) is 41.2 Å². The van der Waals surface area contributed by atoms with Crippen LogP contribution in [0.4, 0.5) is 5.69 Å². The number of aryl methyl sites for hydroxylation is 1. The summed E-state index contributed by atoms with van der Waals surface area (Å²) in [5.41, 5.74) is 0.464. The van der Waals surface area contributed by atoms with Crippen molar-refractivity contribution in [2.75, 3.05) is 0 Å². The second kappa shape index (κ2) is 5.61. The van der Waals surface area contributed by atoms with Gasteiger partial charge < -0.3 is 5.11 Å². The van der Waals surface area contributed by atoms with E-state index in [4.69, 9.17) is 5.11 Å². The van der Waals surface area contributed by atoms with Gasteiger partial charge in [-0.1, -0.05) is 0 Å². The van der Waals surface area contributed by atoms with Crippen molar-refractivity contribution in [1.29, 1.82) is 0 Å². The maximum Gasteiger partial charge on any atom is 0.325 e. The molecule has 0 saturated carbocycles. The van der Waals surface area contributed by atoms with Crippen molar-refractivity contribution >= 4 is 23.4 Å². The Morgan fingerprint density at radius 1 is 1.60 bits per heavy atom. The first kappa shape index (κ1) is 13.9. The van der Waals surface area contributed by atoms with E-state index >= 15 is 0 Å². The minimum atomic E-state index is -1.12. The van der Waals surface area contributed by atoms with Gasteiger partial charge in [0, 0.05) is 12.3 Å². The Bertz CT molecular complexity index is 672. The predicted octanol–water partition coefficient (Wildman–Crippen LogP) is 0.521. The van der Waals surface area contributed by atoms with Crippen LogP contribution in [0.15, 0.2) is 22.4 Å². The molecule has 0 aromatic carbocycles. The summed E-state index contributed by atoms with van der Waals surface area (Å²) in [5, 5.41) is 30.4. The van der Waals surface area contributed by atoms with Crippen LogP contribution in [0.25, 0.3) is 0 Å². The maximum absolute atomic E-state index is 11.0. The van der Waals surface area contributed by atoms with Crippen molar-refractivity contribution in [2.45, 2.75) is 23.7 Å². The zero-order valence-corrected chi connectivity index (χ0v) is 10.9. The molecule has 0 spiro atoms. The number of tetrazole rings is 1. The Hall–Kier alpha value is -2.56. The number of hydrogen-bond donors (Lipinski definition) is 1. The number of carbonyl (C=O) groups is 1. The third kappa shape index (κ3) is 3.06. The first-order valence-electron chi connectivity index (χ1n) is 5.24. The zero-order chi connectivity index (χ0) is 14.7. The van der Waals surface area contributed by atoms with Gasteiger partial charge in [-0.05, 0) is 34.7 Å². The fourth-order valence-electron chi connectivity index (χ4n) is 1.33. The van der Waals surface area contributed by atoms with E-state index in [2.05, 4.69) is 20.5 Å². The summed E-state index contributed by atoms with van der Waals surface area (Å²) in [4.78, 5) is 25.0. The van der Waals surface area contributed by atoms with Crippen LogP contribution in [0, 0.1) is 17.0 Å². The van der Waals surface area contributed by atoms with E-state index in [-0.39, 0.29) is 15.9 Å². The molecule has 2 aromatic heterocycles. The molecule has 2 aromatic rings. The van der Waals surface area contributed by atoms with Crippen molar-refractivity contribution in [3.63, 3.8) is 0 Å². The number of carboxylic acid groups (broad SMARTS) is 1. The topological polar surface area (TPSA) is 137 Å². The fraction of sp³-hybridized carbons (Fsp3) is 0.222. The standard InChI is InChI=1S/C9H8N6O4S/c1-5-2-6(15(18)19)8(10-3-5)20-9-11-12-13-14(9)4-7(16)17/h2-3H,4H2,1H3,(H,16,17). The average molecular weight is 296 g/mol. The molecule has 0 amide bonds. The number of aliphatic carboxylic acids is 1. The predicted molar refractivity (Wildman–Crippen MR) is 65.2 cm³/mol. The lowest BCUT2D eigenvalue weighted by molar-refractivity contribution is -0.388. The lowest BCUT2D eigenvalue weighted by atomic mass is 10.3. The van der Waals surface area contributed by atoms with E-state index < -0.39 is 17.4 Å². The molecule has 2 rings (SSSR count). The van der Waals surface area contributed by atoms with Crippen LogP contribution in [0.5, 0.6) is 0 Å². The van der Waals surface area contributed by atoms with Crippen LogP contribution in [0.3, 0.4) is 0 Å². The third-order valence-electron chi connectivity index (χ3n) is 2.14. The van der Waals surface area contributed by atoms with Gasteiger partial charge in [0.15, 0.2) is 5.03 Å². The second-order valence-corrected chi connectivity index (χ2v) is 4.66. The molecule has 2 heterocycles. The maximum atomic E-state index is 11.0. The molecule has 0 aliphatic heterocycles. The first-order chi connectivity index (χ1) is 9.47. The molecular weight excluding hydrogens is 288 g/mol. The molecule has 1 N–H and O–H groups in total. The van der Waals surface area contributed by atoms with Gasteiger partial charge in [-0.15, -0.1) is 5.10 Å². The summed E-state index contributed by atoms with van der Waals surface area (Å²) in [6, 6.07) is 1.38. The van der Waals surface area contributed by atoms with Gasteiger partial charge >= 0.3 is 11.7 Å². The third-order valence-corrected chi connectivity index (χ3v) is 3.12.